The van der Waals surface area contributed by atoms with E-state index in [1.807, 2.05) is 17.8 Å². The third kappa shape index (κ3) is 5.60. The van der Waals surface area contributed by atoms with Gasteiger partial charge in [-0.3, -0.25) is 0 Å². The Kier molecular flexibility index (Phi) is 4.62. The smallest absolute Gasteiger partial charge is 0.212 e. The Morgan fingerprint density at radius 3 is 2.77 bits per heavy atom. The Morgan fingerprint density at radius 1 is 1.46 bits per heavy atom. The Balaban J connectivity index is 2.30. The van der Waals surface area contributed by atoms with Crippen molar-refractivity contribution in [1.82, 2.24) is 0 Å². The molecule has 1 heterocycles. The van der Waals surface area contributed by atoms with Gasteiger partial charge in [-0.05, 0) is 18.6 Å². The average Bonchev–Trinajstić information content (AvgIpc) is 2.04. The maximum atomic E-state index is 10.6. The van der Waals surface area contributed by atoms with Crippen molar-refractivity contribution in [3.63, 3.8) is 0 Å². The lowest BCUT2D eigenvalue weighted by Crippen LogP contribution is -2.06. The zero-order valence-electron chi connectivity index (χ0n) is 7.28. The minimum absolute atomic E-state index is 0.0500. The lowest BCUT2D eigenvalue weighted by Gasteiger charge is -2.17. The van der Waals surface area contributed by atoms with E-state index in [0.717, 1.165) is 6.42 Å². The van der Waals surface area contributed by atoms with Crippen LogP contribution in [0.2, 0.25) is 0 Å². The summed E-state index contributed by atoms with van der Waals surface area (Å²) in [7, 11) is 1.72. The fraction of sp³-hybridized carbons (Fsp3) is 0.750. The molecule has 5 heteroatoms. The minimum Gasteiger partial charge on any atom is -0.212 e. The molecule has 1 saturated heterocycles. The van der Waals surface area contributed by atoms with Gasteiger partial charge in [0.25, 0.3) is 0 Å². The molecule has 1 atom stereocenters. The Hall–Kier alpha value is 0.330. The first kappa shape index (κ1) is 11.4. The quantitative estimate of drug-likeness (QED) is 0.561. The highest BCUT2D eigenvalue weighted by Crippen LogP contribution is 2.25. The third-order valence-electron chi connectivity index (χ3n) is 1.86. The van der Waals surface area contributed by atoms with Gasteiger partial charge >= 0.3 is 0 Å². The topological polar surface area (TPSA) is 34.1 Å². The first-order valence-electron chi connectivity index (χ1n) is 4.28. The van der Waals surface area contributed by atoms with Gasteiger partial charge in [0.15, 0.2) is 0 Å². The van der Waals surface area contributed by atoms with Gasteiger partial charge in [-0.2, -0.15) is 11.8 Å². The van der Waals surface area contributed by atoms with E-state index in [2.05, 4.69) is 0 Å². The van der Waals surface area contributed by atoms with Crippen LogP contribution >= 0.6 is 22.4 Å². The monoisotopic (exact) mass is 240 g/mol. The molecule has 0 N–H and O–H groups in total. The fourth-order valence-corrected chi connectivity index (χ4v) is 3.03. The van der Waals surface area contributed by atoms with Crippen LogP contribution in [0.4, 0.5) is 0 Å². The van der Waals surface area contributed by atoms with Crippen LogP contribution in [-0.4, -0.2) is 25.2 Å². The van der Waals surface area contributed by atoms with Crippen LogP contribution in [0, 0.1) is 0 Å². The van der Waals surface area contributed by atoms with Crippen LogP contribution in [0.3, 0.4) is 0 Å². The van der Waals surface area contributed by atoms with Gasteiger partial charge in [0.05, 0.1) is 5.75 Å². The molecule has 2 nitrogen and oxygen atoms in total. The van der Waals surface area contributed by atoms with Crippen molar-refractivity contribution in [3.8, 4) is 0 Å². The normalized spacial score (nSPS) is 25.2. The predicted molar refractivity (Wildman–Crippen MR) is 58.9 cm³/mol. The Morgan fingerprint density at radius 2 is 2.23 bits per heavy atom. The summed E-state index contributed by atoms with van der Waals surface area (Å²) >= 11 is 1.89. The van der Waals surface area contributed by atoms with Gasteiger partial charge in [0, 0.05) is 15.9 Å². The molecule has 0 saturated carbocycles. The molecule has 0 spiro atoms. The number of halogens is 1. The van der Waals surface area contributed by atoms with Crippen molar-refractivity contribution >= 4 is 31.5 Å². The second kappa shape index (κ2) is 5.27. The highest BCUT2D eigenvalue weighted by Gasteiger charge is 2.10. The number of hydrogen-bond donors (Lipinski definition) is 0. The van der Waals surface area contributed by atoms with Crippen molar-refractivity contribution in [1.29, 1.82) is 0 Å². The zero-order chi connectivity index (χ0) is 9.73. The minimum atomic E-state index is -3.35. The molecular weight excluding hydrogens is 228 g/mol. The molecule has 0 radical (unpaired) electrons. The summed E-state index contributed by atoms with van der Waals surface area (Å²) in [6, 6.07) is 0. The highest BCUT2D eigenvalue weighted by atomic mass is 35.7. The second-order valence-corrected chi connectivity index (χ2v) is 7.21. The molecule has 1 aliphatic rings. The number of hydrogen-bond acceptors (Lipinski definition) is 3. The molecule has 1 fully saturated rings. The summed E-state index contributed by atoms with van der Waals surface area (Å²) in [6.45, 7) is 0. The highest BCUT2D eigenvalue weighted by molar-refractivity contribution is 8.13. The maximum Gasteiger partial charge on any atom is 0.236 e. The Labute approximate surface area is 88.2 Å². The van der Waals surface area contributed by atoms with Crippen molar-refractivity contribution in [3.05, 3.63) is 12.2 Å². The van der Waals surface area contributed by atoms with Gasteiger partial charge in [-0.25, -0.2) is 8.42 Å². The zero-order valence-corrected chi connectivity index (χ0v) is 9.67. The van der Waals surface area contributed by atoms with Crippen LogP contribution < -0.4 is 0 Å². The molecule has 13 heavy (non-hydrogen) atoms. The van der Waals surface area contributed by atoms with Gasteiger partial charge < -0.3 is 0 Å². The predicted octanol–water partition coefficient (Wildman–Crippen LogP) is 2.40. The van der Waals surface area contributed by atoms with E-state index in [4.69, 9.17) is 10.7 Å². The van der Waals surface area contributed by atoms with E-state index >= 15 is 0 Å². The largest absolute Gasteiger partial charge is 0.236 e. The lowest BCUT2D eigenvalue weighted by atomic mass is 10.2. The Bertz CT molecular complexity index is 266. The molecule has 0 bridgehead atoms. The maximum absolute atomic E-state index is 10.6. The van der Waals surface area contributed by atoms with Crippen LogP contribution in [0.15, 0.2) is 12.2 Å². The van der Waals surface area contributed by atoms with Gasteiger partial charge in [-0.15, -0.1) is 0 Å². The summed E-state index contributed by atoms with van der Waals surface area (Å²) in [5.74, 6) is 1.13. The molecule has 0 aromatic heterocycles. The van der Waals surface area contributed by atoms with Crippen LogP contribution in [0.25, 0.3) is 0 Å². The summed E-state index contributed by atoms with van der Waals surface area (Å²) in [4.78, 5) is 0. The molecule has 0 amide bonds. The van der Waals surface area contributed by atoms with E-state index in [1.165, 1.54) is 18.6 Å². The van der Waals surface area contributed by atoms with E-state index < -0.39 is 9.05 Å². The molecule has 1 rings (SSSR count). The van der Waals surface area contributed by atoms with Crippen LogP contribution in [0.5, 0.6) is 0 Å². The summed E-state index contributed by atoms with van der Waals surface area (Å²) < 4.78 is 21.2. The molecule has 1 unspecified atom stereocenters. The van der Waals surface area contributed by atoms with Crippen molar-refractivity contribution in [2.24, 2.45) is 0 Å². The van der Waals surface area contributed by atoms with Crippen LogP contribution in [0.1, 0.15) is 19.3 Å². The fourth-order valence-electron chi connectivity index (χ4n) is 1.24. The summed E-state index contributed by atoms with van der Waals surface area (Å²) in [6.07, 6.45) is 7.30. The molecule has 0 aromatic rings. The molecule has 0 aromatic carbocycles. The van der Waals surface area contributed by atoms with Crippen molar-refractivity contribution < 1.29 is 8.42 Å². The summed E-state index contributed by atoms with van der Waals surface area (Å²) in [5, 5.41) is 0.493. The number of rotatable bonds is 3. The van der Waals surface area contributed by atoms with Crippen LogP contribution in [-0.2, 0) is 9.05 Å². The summed E-state index contributed by atoms with van der Waals surface area (Å²) in [5.41, 5.74) is 0. The van der Waals surface area contributed by atoms with E-state index in [1.54, 1.807) is 6.08 Å². The lowest BCUT2D eigenvalue weighted by molar-refractivity contribution is 0.612. The van der Waals surface area contributed by atoms with Gasteiger partial charge in [0.2, 0.25) is 9.05 Å². The number of thioether (sulfide) groups is 1. The average molecular weight is 241 g/mol. The molecule has 1 aliphatic heterocycles. The standard InChI is InChI=1S/C8H13ClO2S2/c9-13(10,11)7-3-5-8-4-1-2-6-12-8/h3,5,8H,1-2,4,6-7H2/b5-3-. The first-order chi connectivity index (χ1) is 6.08. The van der Waals surface area contributed by atoms with Crippen molar-refractivity contribution in [2.45, 2.75) is 24.5 Å². The van der Waals surface area contributed by atoms with Gasteiger partial charge in [-0.1, -0.05) is 18.6 Å². The molecule has 0 aliphatic carbocycles. The van der Waals surface area contributed by atoms with E-state index in [9.17, 15) is 8.42 Å². The first-order valence-corrected chi connectivity index (χ1v) is 7.81. The SMILES string of the molecule is O=S(=O)(Cl)C/C=C\C1CCCCS1. The molecule has 76 valence electrons. The van der Waals surface area contributed by atoms with E-state index in [0.29, 0.717) is 5.25 Å². The second-order valence-electron chi connectivity index (χ2n) is 3.04. The molecular formula is C8H13ClO2S2. The third-order valence-corrected chi connectivity index (χ3v) is 4.17. The van der Waals surface area contributed by atoms with Gasteiger partial charge in [0.1, 0.15) is 0 Å². The van der Waals surface area contributed by atoms with Crippen molar-refractivity contribution in [2.75, 3.05) is 11.5 Å². The van der Waals surface area contributed by atoms with E-state index in [-0.39, 0.29) is 5.75 Å².